The molecule has 19 heavy (non-hydrogen) atoms. The second kappa shape index (κ2) is 6.36. The number of nitrogens with one attached hydrogen (secondary N) is 2. The molecule has 1 aromatic rings. The third-order valence-corrected chi connectivity index (χ3v) is 4.73. The van der Waals surface area contributed by atoms with Crippen LogP contribution >= 0.6 is 0 Å². The Bertz CT molecular complexity index is 510. The molecule has 1 aromatic carbocycles. The fourth-order valence-corrected chi connectivity index (χ4v) is 3.04. The first-order valence-corrected chi connectivity index (χ1v) is 7.98. The van der Waals surface area contributed by atoms with Crippen LogP contribution in [-0.4, -0.2) is 35.2 Å². The van der Waals surface area contributed by atoms with Gasteiger partial charge in [0.1, 0.15) is 10.6 Å². The van der Waals surface area contributed by atoms with Crippen molar-refractivity contribution < 1.29 is 13.2 Å². The first kappa shape index (κ1) is 14.3. The smallest absolute Gasteiger partial charge is 0.243 e. The fraction of sp³-hybridized carbons (Fsp3) is 0.538. The minimum atomic E-state index is -3.47. The standard InChI is InChI=1S/C13H20N2O3S/c1-14-19(16,17)13-7-3-2-6-12(13)18-10-11-5-4-8-15-9-11/h2-3,6-7,11,14-15H,4-5,8-10H2,1H3. The van der Waals surface area contributed by atoms with Crippen LogP contribution in [0.4, 0.5) is 0 Å². The van der Waals surface area contributed by atoms with Crippen molar-refractivity contribution >= 4 is 10.0 Å². The van der Waals surface area contributed by atoms with Crippen LogP contribution < -0.4 is 14.8 Å². The molecule has 6 heteroatoms. The molecular weight excluding hydrogens is 264 g/mol. The third-order valence-electron chi connectivity index (χ3n) is 3.28. The summed E-state index contributed by atoms with van der Waals surface area (Å²) >= 11 is 0. The number of benzene rings is 1. The van der Waals surface area contributed by atoms with Crippen molar-refractivity contribution in [2.75, 3.05) is 26.7 Å². The summed E-state index contributed by atoms with van der Waals surface area (Å²) in [7, 11) is -2.07. The number of rotatable bonds is 5. The number of ether oxygens (including phenoxy) is 1. The van der Waals surface area contributed by atoms with Crippen LogP contribution in [0.15, 0.2) is 29.2 Å². The summed E-state index contributed by atoms with van der Waals surface area (Å²) in [5.74, 6) is 0.863. The number of hydrogen-bond donors (Lipinski definition) is 2. The van der Waals surface area contributed by atoms with Gasteiger partial charge in [-0.1, -0.05) is 12.1 Å². The zero-order valence-electron chi connectivity index (χ0n) is 11.1. The maximum Gasteiger partial charge on any atom is 0.243 e. The second-order valence-corrected chi connectivity index (χ2v) is 6.53. The van der Waals surface area contributed by atoms with E-state index in [4.69, 9.17) is 4.74 Å². The predicted octanol–water partition coefficient (Wildman–Crippen LogP) is 0.973. The highest BCUT2D eigenvalue weighted by Gasteiger charge is 2.19. The summed E-state index contributed by atoms with van der Waals surface area (Å²) in [5.41, 5.74) is 0. The van der Waals surface area contributed by atoms with E-state index in [1.165, 1.54) is 7.05 Å². The second-order valence-electron chi connectivity index (χ2n) is 4.68. The zero-order chi connectivity index (χ0) is 13.7. The van der Waals surface area contributed by atoms with Gasteiger partial charge in [0.15, 0.2) is 0 Å². The fourth-order valence-electron chi connectivity index (χ4n) is 2.18. The Morgan fingerprint density at radius 3 is 2.89 bits per heavy atom. The zero-order valence-corrected chi connectivity index (χ0v) is 11.9. The van der Waals surface area contributed by atoms with E-state index in [2.05, 4.69) is 10.0 Å². The summed E-state index contributed by atoms with van der Waals surface area (Å²) in [4.78, 5) is 0.196. The first-order chi connectivity index (χ1) is 9.13. The Morgan fingerprint density at radius 2 is 2.21 bits per heavy atom. The van der Waals surface area contributed by atoms with E-state index in [9.17, 15) is 8.42 Å². The highest BCUT2D eigenvalue weighted by Crippen LogP contribution is 2.24. The van der Waals surface area contributed by atoms with Crippen molar-refractivity contribution in [1.82, 2.24) is 10.0 Å². The molecule has 1 heterocycles. The van der Waals surface area contributed by atoms with Crippen molar-refractivity contribution in [3.63, 3.8) is 0 Å². The van der Waals surface area contributed by atoms with Gasteiger partial charge < -0.3 is 10.1 Å². The largest absolute Gasteiger partial charge is 0.492 e. The molecule has 1 atom stereocenters. The number of para-hydroxylation sites is 1. The maximum atomic E-state index is 11.9. The molecule has 2 N–H and O–H groups in total. The lowest BCUT2D eigenvalue weighted by atomic mass is 10.0. The van der Waals surface area contributed by atoms with Gasteiger partial charge in [-0.25, -0.2) is 13.1 Å². The topological polar surface area (TPSA) is 67.4 Å². The van der Waals surface area contributed by atoms with Crippen LogP contribution in [0.1, 0.15) is 12.8 Å². The molecule has 106 valence electrons. The Labute approximate surface area is 114 Å². The van der Waals surface area contributed by atoms with E-state index in [1.54, 1.807) is 24.3 Å². The van der Waals surface area contributed by atoms with Crippen molar-refractivity contribution in [1.29, 1.82) is 0 Å². The molecule has 0 aromatic heterocycles. The Morgan fingerprint density at radius 1 is 1.42 bits per heavy atom. The van der Waals surface area contributed by atoms with E-state index >= 15 is 0 Å². The molecule has 1 aliphatic rings. The SMILES string of the molecule is CNS(=O)(=O)c1ccccc1OCC1CCCNC1. The van der Waals surface area contributed by atoms with Crippen LogP contribution in [0, 0.1) is 5.92 Å². The van der Waals surface area contributed by atoms with Gasteiger partial charge in [-0.2, -0.15) is 0 Å². The molecule has 1 fully saturated rings. The third kappa shape index (κ3) is 3.68. The van der Waals surface area contributed by atoms with E-state index in [-0.39, 0.29) is 4.90 Å². The minimum Gasteiger partial charge on any atom is -0.492 e. The van der Waals surface area contributed by atoms with Crippen molar-refractivity contribution in [2.45, 2.75) is 17.7 Å². The molecular formula is C13H20N2O3S. The number of hydrogen-bond acceptors (Lipinski definition) is 4. The van der Waals surface area contributed by atoms with Crippen LogP contribution in [-0.2, 0) is 10.0 Å². The molecule has 1 unspecified atom stereocenters. The van der Waals surface area contributed by atoms with Crippen molar-refractivity contribution in [3.8, 4) is 5.75 Å². The van der Waals surface area contributed by atoms with E-state index in [0.29, 0.717) is 18.3 Å². The Hall–Kier alpha value is -1.11. The van der Waals surface area contributed by atoms with Gasteiger partial charge in [0.05, 0.1) is 6.61 Å². The van der Waals surface area contributed by atoms with Crippen LogP contribution in [0.3, 0.4) is 0 Å². The van der Waals surface area contributed by atoms with Gasteiger partial charge in [-0.05, 0) is 38.6 Å². The molecule has 2 rings (SSSR count). The minimum absolute atomic E-state index is 0.196. The quantitative estimate of drug-likeness (QED) is 0.845. The monoisotopic (exact) mass is 284 g/mol. The summed E-state index contributed by atoms with van der Waals surface area (Å²) in [6.07, 6.45) is 2.26. The molecule has 5 nitrogen and oxygen atoms in total. The maximum absolute atomic E-state index is 11.9. The summed E-state index contributed by atoms with van der Waals surface area (Å²) in [6, 6.07) is 6.73. The van der Waals surface area contributed by atoms with Gasteiger partial charge in [0.25, 0.3) is 0 Å². The lowest BCUT2D eigenvalue weighted by Crippen LogP contribution is -2.33. The molecule has 0 spiro atoms. The van der Waals surface area contributed by atoms with Gasteiger partial charge in [-0.3, -0.25) is 0 Å². The van der Waals surface area contributed by atoms with Crippen molar-refractivity contribution in [3.05, 3.63) is 24.3 Å². The highest BCUT2D eigenvalue weighted by atomic mass is 32.2. The van der Waals surface area contributed by atoms with Gasteiger partial charge in [0.2, 0.25) is 10.0 Å². The molecule has 1 aliphatic heterocycles. The predicted molar refractivity (Wildman–Crippen MR) is 73.8 cm³/mol. The van der Waals surface area contributed by atoms with Gasteiger partial charge in [-0.15, -0.1) is 0 Å². The van der Waals surface area contributed by atoms with E-state index < -0.39 is 10.0 Å². The van der Waals surface area contributed by atoms with Crippen LogP contribution in [0.2, 0.25) is 0 Å². The van der Waals surface area contributed by atoms with Gasteiger partial charge >= 0.3 is 0 Å². The van der Waals surface area contributed by atoms with Crippen molar-refractivity contribution in [2.24, 2.45) is 5.92 Å². The number of piperidine rings is 1. The average Bonchev–Trinajstić information content (AvgIpc) is 2.46. The van der Waals surface area contributed by atoms with Crippen LogP contribution in [0.5, 0.6) is 5.75 Å². The molecule has 0 saturated carbocycles. The number of sulfonamides is 1. The average molecular weight is 284 g/mol. The molecule has 0 amide bonds. The summed E-state index contributed by atoms with van der Waals surface area (Å²) in [6.45, 7) is 2.53. The molecule has 0 radical (unpaired) electrons. The van der Waals surface area contributed by atoms with E-state index in [1.807, 2.05) is 0 Å². The Kier molecular flexibility index (Phi) is 4.79. The molecule has 1 saturated heterocycles. The Balaban J connectivity index is 2.07. The van der Waals surface area contributed by atoms with Gasteiger partial charge in [0, 0.05) is 12.5 Å². The lowest BCUT2D eigenvalue weighted by Gasteiger charge is -2.23. The van der Waals surface area contributed by atoms with Crippen LogP contribution in [0.25, 0.3) is 0 Å². The first-order valence-electron chi connectivity index (χ1n) is 6.49. The summed E-state index contributed by atoms with van der Waals surface area (Å²) < 4.78 is 31.8. The van der Waals surface area contributed by atoms with E-state index in [0.717, 1.165) is 25.9 Å². The molecule has 0 bridgehead atoms. The highest BCUT2D eigenvalue weighted by molar-refractivity contribution is 7.89. The lowest BCUT2D eigenvalue weighted by molar-refractivity contribution is 0.214. The molecule has 0 aliphatic carbocycles. The summed E-state index contributed by atoms with van der Waals surface area (Å²) in [5, 5.41) is 3.32. The normalized spacial score (nSPS) is 20.2.